The lowest BCUT2D eigenvalue weighted by atomic mass is 9.89. The van der Waals surface area contributed by atoms with Crippen LogP contribution in [0, 0.1) is 12.8 Å². The van der Waals surface area contributed by atoms with Gasteiger partial charge >= 0.3 is 6.18 Å². The third-order valence-electron chi connectivity index (χ3n) is 6.03. The molecule has 0 spiro atoms. The standard InChI is InChI=1S/C24H25F3N4OS/c1-15-5-7-18(22-28-9-11-33-22)19(12-15)23(32)31-10-3-4-16(2)20(31)14-30-21-8-6-17(13-29-21)24(25,26)27/h5-9,11-13,16,20H,3-4,10,14H2,1-2H3,(H,29,30)/t16-,20?/m1/s1. The molecular formula is C24H25F3N4OS. The average Bonchev–Trinajstić information content (AvgIpc) is 3.32. The predicted molar refractivity (Wildman–Crippen MR) is 123 cm³/mol. The topological polar surface area (TPSA) is 58.1 Å². The minimum absolute atomic E-state index is 0.0531. The van der Waals surface area contributed by atoms with E-state index < -0.39 is 11.7 Å². The summed E-state index contributed by atoms with van der Waals surface area (Å²) in [5, 5.41) is 5.81. The van der Waals surface area contributed by atoms with Crippen LogP contribution in [0.15, 0.2) is 48.1 Å². The summed E-state index contributed by atoms with van der Waals surface area (Å²) in [5.41, 5.74) is 1.64. The number of alkyl halides is 3. The van der Waals surface area contributed by atoms with Crippen LogP contribution in [0.3, 0.4) is 0 Å². The van der Waals surface area contributed by atoms with Gasteiger partial charge in [-0.05, 0) is 43.9 Å². The van der Waals surface area contributed by atoms with Gasteiger partial charge in [0.2, 0.25) is 0 Å². The number of pyridine rings is 1. The molecule has 1 N–H and O–H groups in total. The summed E-state index contributed by atoms with van der Waals surface area (Å²) in [6, 6.07) is 8.04. The molecule has 33 heavy (non-hydrogen) atoms. The first kappa shape index (κ1) is 23.2. The van der Waals surface area contributed by atoms with Crippen LogP contribution in [-0.2, 0) is 6.18 Å². The number of piperidine rings is 1. The van der Waals surface area contributed by atoms with Gasteiger partial charge in [0.25, 0.3) is 5.91 Å². The number of aromatic nitrogens is 2. The summed E-state index contributed by atoms with van der Waals surface area (Å²) in [6.45, 7) is 5.09. The molecule has 1 saturated heterocycles. The Labute approximate surface area is 194 Å². The molecule has 1 unspecified atom stereocenters. The van der Waals surface area contributed by atoms with Crippen LogP contribution in [0.4, 0.5) is 19.0 Å². The second kappa shape index (κ2) is 9.51. The lowest BCUT2D eigenvalue weighted by Gasteiger charge is -2.40. The highest BCUT2D eigenvalue weighted by Gasteiger charge is 2.34. The molecule has 9 heteroatoms. The summed E-state index contributed by atoms with van der Waals surface area (Å²) in [6.07, 6.45) is 0.00308. The number of nitrogens with one attached hydrogen (secondary N) is 1. The first-order valence-corrected chi connectivity index (χ1v) is 11.7. The third kappa shape index (κ3) is 5.19. The molecular weight excluding hydrogens is 449 g/mol. The van der Waals surface area contributed by atoms with Crippen molar-refractivity contribution in [3.8, 4) is 10.6 Å². The summed E-state index contributed by atoms with van der Waals surface area (Å²) in [5.74, 6) is 0.535. The van der Waals surface area contributed by atoms with E-state index in [1.807, 2.05) is 35.4 Å². The van der Waals surface area contributed by atoms with Crippen LogP contribution in [-0.4, -0.2) is 39.9 Å². The fourth-order valence-electron chi connectivity index (χ4n) is 4.22. The lowest BCUT2D eigenvalue weighted by molar-refractivity contribution is -0.137. The van der Waals surface area contributed by atoms with Gasteiger partial charge in [0.1, 0.15) is 10.8 Å². The van der Waals surface area contributed by atoms with E-state index >= 15 is 0 Å². The van der Waals surface area contributed by atoms with Crippen LogP contribution >= 0.6 is 11.3 Å². The number of likely N-dealkylation sites (tertiary alicyclic amines) is 1. The SMILES string of the molecule is Cc1ccc(-c2nccs2)c(C(=O)N2CCC[C@@H](C)C2CNc2ccc(C(F)(F)F)cn2)c1. The maximum Gasteiger partial charge on any atom is 0.417 e. The Balaban J connectivity index is 1.55. The second-order valence-electron chi connectivity index (χ2n) is 8.38. The fraction of sp³-hybridized carbons (Fsp3) is 0.375. The molecule has 0 bridgehead atoms. The van der Waals surface area contributed by atoms with Gasteiger partial charge in [-0.2, -0.15) is 13.2 Å². The number of amides is 1. The number of anilines is 1. The minimum atomic E-state index is -4.42. The molecule has 2 aromatic heterocycles. The van der Waals surface area contributed by atoms with E-state index in [4.69, 9.17) is 0 Å². The number of carbonyl (C=O) groups excluding carboxylic acids is 1. The molecule has 1 aliphatic heterocycles. The van der Waals surface area contributed by atoms with E-state index in [1.165, 1.54) is 17.4 Å². The molecule has 3 heterocycles. The molecule has 5 nitrogen and oxygen atoms in total. The molecule has 0 saturated carbocycles. The fourth-order valence-corrected chi connectivity index (χ4v) is 4.90. The average molecular weight is 475 g/mol. The molecule has 3 aromatic rings. The summed E-state index contributed by atoms with van der Waals surface area (Å²) in [7, 11) is 0. The van der Waals surface area contributed by atoms with E-state index in [1.54, 1.807) is 6.20 Å². The molecule has 4 rings (SSSR count). The van der Waals surface area contributed by atoms with Gasteiger partial charge < -0.3 is 10.2 Å². The van der Waals surface area contributed by atoms with Gasteiger partial charge in [0.15, 0.2) is 0 Å². The zero-order valence-electron chi connectivity index (χ0n) is 18.4. The molecule has 1 fully saturated rings. The first-order chi connectivity index (χ1) is 15.7. The molecule has 0 aliphatic carbocycles. The number of rotatable bonds is 5. The Kier molecular flexibility index (Phi) is 6.69. The van der Waals surface area contributed by atoms with E-state index in [9.17, 15) is 18.0 Å². The quantitative estimate of drug-likeness (QED) is 0.501. The number of carbonyl (C=O) groups is 1. The van der Waals surface area contributed by atoms with Crippen molar-refractivity contribution in [1.82, 2.24) is 14.9 Å². The van der Waals surface area contributed by atoms with E-state index in [2.05, 4.69) is 22.2 Å². The van der Waals surface area contributed by atoms with E-state index in [-0.39, 0.29) is 17.9 Å². The molecule has 1 aliphatic rings. The summed E-state index contributed by atoms with van der Waals surface area (Å²) < 4.78 is 38.4. The zero-order valence-corrected chi connectivity index (χ0v) is 19.2. The minimum Gasteiger partial charge on any atom is -0.368 e. The smallest absolute Gasteiger partial charge is 0.368 e. The maximum atomic E-state index is 13.7. The monoisotopic (exact) mass is 474 g/mol. The molecule has 2 atom stereocenters. The first-order valence-electron chi connectivity index (χ1n) is 10.8. The second-order valence-corrected chi connectivity index (χ2v) is 9.28. The number of thiazole rings is 1. The van der Waals surface area contributed by atoms with Crippen molar-refractivity contribution < 1.29 is 18.0 Å². The highest BCUT2D eigenvalue weighted by atomic mass is 32.1. The number of benzene rings is 1. The van der Waals surface area contributed by atoms with E-state index in [0.29, 0.717) is 24.5 Å². The molecule has 1 amide bonds. The molecule has 174 valence electrons. The van der Waals surface area contributed by atoms with Crippen LogP contribution in [0.5, 0.6) is 0 Å². The summed E-state index contributed by atoms with van der Waals surface area (Å²) in [4.78, 5) is 23.9. The van der Waals surface area contributed by atoms with Gasteiger partial charge in [-0.3, -0.25) is 4.79 Å². The largest absolute Gasteiger partial charge is 0.417 e. The molecule has 1 aromatic carbocycles. The molecule has 0 radical (unpaired) electrons. The highest BCUT2D eigenvalue weighted by Crippen LogP contribution is 2.32. The van der Waals surface area contributed by atoms with Crippen molar-refractivity contribution in [3.05, 3.63) is 64.8 Å². The Hall–Kier alpha value is -2.94. The van der Waals surface area contributed by atoms with E-state index in [0.717, 1.165) is 41.2 Å². The summed E-state index contributed by atoms with van der Waals surface area (Å²) >= 11 is 1.49. The van der Waals surface area contributed by atoms with Crippen LogP contribution in [0.25, 0.3) is 10.6 Å². The normalized spacial score (nSPS) is 18.9. The zero-order chi connectivity index (χ0) is 23.6. The van der Waals surface area contributed by atoms with Crippen LogP contribution in [0.1, 0.15) is 41.3 Å². The Morgan fingerprint density at radius 3 is 2.73 bits per heavy atom. The predicted octanol–water partition coefficient (Wildman–Crippen LogP) is 5.89. The van der Waals surface area contributed by atoms with Crippen molar-refractivity contribution >= 4 is 23.1 Å². The van der Waals surface area contributed by atoms with Gasteiger partial charge in [-0.1, -0.05) is 24.6 Å². The van der Waals surface area contributed by atoms with Crippen molar-refractivity contribution in [1.29, 1.82) is 0 Å². The number of aryl methyl sites for hydroxylation is 1. The number of hydrogen-bond donors (Lipinski definition) is 1. The van der Waals surface area contributed by atoms with Crippen molar-refractivity contribution in [2.45, 2.75) is 38.9 Å². The Bertz CT molecular complexity index is 1100. The van der Waals surface area contributed by atoms with Crippen LogP contribution < -0.4 is 5.32 Å². The third-order valence-corrected chi connectivity index (χ3v) is 6.83. The van der Waals surface area contributed by atoms with Crippen molar-refractivity contribution in [2.75, 3.05) is 18.4 Å². The Morgan fingerprint density at radius 2 is 2.06 bits per heavy atom. The van der Waals surface area contributed by atoms with Gasteiger partial charge in [-0.25, -0.2) is 9.97 Å². The van der Waals surface area contributed by atoms with Gasteiger partial charge in [-0.15, -0.1) is 11.3 Å². The van der Waals surface area contributed by atoms with Gasteiger partial charge in [0.05, 0.1) is 17.2 Å². The maximum absolute atomic E-state index is 13.7. The Morgan fingerprint density at radius 1 is 1.24 bits per heavy atom. The lowest BCUT2D eigenvalue weighted by Crippen LogP contribution is -2.51. The highest BCUT2D eigenvalue weighted by molar-refractivity contribution is 7.13. The van der Waals surface area contributed by atoms with Crippen molar-refractivity contribution in [2.24, 2.45) is 5.92 Å². The number of halogens is 3. The number of hydrogen-bond acceptors (Lipinski definition) is 5. The van der Waals surface area contributed by atoms with Crippen LogP contribution in [0.2, 0.25) is 0 Å². The van der Waals surface area contributed by atoms with Crippen molar-refractivity contribution in [3.63, 3.8) is 0 Å². The van der Waals surface area contributed by atoms with Gasteiger partial charge in [0, 0.05) is 36.4 Å². The number of nitrogens with zero attached hydrogens (tertiary/aromatic N) is 3.